The SMILES string of the molecule is CC(C)N(C)c1cc(C(=O)N(C)C)c(C=N[S@](=O)C(C)(C)C)c(Cl)n1. The van der Waals surface area contributed by atoms with Crippen LogP contribution in [0.2, 0.25) is 5.15 Å². The molecule has 1 amide bonds. The van der Waals surface area contributed by atoms with Crippen LogP contribution >= 0.6 is 11.6 Å². The minimum absolute atomic E-state index is 0.157. The fourth-order valence-corrected chi connectivity index (χ4v) is 2.51. The number of hydrogen-bond acceptors (Lipinski definition) is 4. The molecule has 6 nitrogen and oxygen atoms in total. The van der Waals surface area contributed by atoms with E-state index in [0.29, 0.717) is 16.9 Å². The first kappa shape index (κ1) is 21.6. The van der Waals surface area contributed by atoms with Gasteiger partial charge in [-0.25, -0.2) is 9.19 Å². The van der Waals surface area contributed by atoms with Gasteiger partial charge < -0.3 is 9.80 Å². The fraction of sp³-hybridized carbons (Fsp3) is 0.588. The molecule has 1 rings (SSSR count). The van der Waals surface area contributed by atoms with Crippen LogP contribution in [0.25, 0.3) is 0 Å². The average molecular weight is 387 g/mol. The van der Waals surface area contributed by atoms with Gasteiger partial charge >= 0.3 is 0 Å². The first-order chi connectivity index (χ1) is 11.4. The lowest BCUT2D eigenvalue weighted by molar-refractivity contribution is 0.0827. The predicted octanol–water partition coefficient (Wildman–Crippen LogP) is 3.16. The largest absolute Gasteiger partial charge is 0.357 e. The normalized spacial score (nSPS) is 13.4. The Morgan fingerprint density at radius 3 is 2.32 bits per heavy atom. The highest BCUT2D eigenvalue weighted by Gasteiger charge is 2.22. The maximum absolute atomic E-state index is 12.6. The summed E-state index contributed by atoms with van der Waals surface area (Å²) in [5, 5.41) is 0.157. The summed E-state index contributed by atoms with van der Waals surface area (Å²) in [4.78, 5) is 20.3. The molecule has 0 aliphatic carbocycles. The van der Waals surface area contributed by atoms with Gasteiger partial charge in [0.05, 0.1) is 10.3 Å². The van der Waals surface area contributed by atoms with Gasteiger partial charge in [0.25, 0.3) is 5.91 Å². The summed E-state index contributed by atoms with van der Waals surface area (Å²) in [7, 11) is 3.76. The van der Waals surface area contributed by atoms with E-state index in [0.717, 1.165) is 0 Å². The van der Waals surface area contributed by atoms with Gasteiger partial charge in [0.2, 0.25) is 0 Å². The smallest absolute Gasteiger partial charge is 0.254 e. The molecule has 140 valence electrons. The molecule has 0 radical (unpaired) electrons. The van der Waals surface area contributed by atoms with Crippen molar-refractivity contribution in [3.63, 3.8) is 0 Å². The van der Waals surface area contributed by atoms with Crippen LogP contribution in [0.1, 0.15) is 50.5 Å². The van der Waals surface area contributed by atoms with Gasteiger partial charge in [0.1, 0.15) is 22.0 Å². The van der Waals surface area contributed by atoms with Crippen LogP contribution in [0.3, 0.4) is 0 Å². The van der Waals surface area contributed by atoms with Crippen LogP contribution in [0.15, 0.2) is 10.5 Å². The van der Waals surface area contributed by atoms with Crippen molar-refractivity contribution < 1.29 is 9.00 Å². The molecule has 1 aromatic rings. The summed E-state index contributed by atoms with van der Waals surface area (Å²) in [6.07, 6.45) is 1.38. The molecule has 0 N–H and O–H groups in total. The Kier molecular flexibility index (Phi) is 7.14. The summed E-state index contributed by atoms with van der Waals surface area (Å²) in [5.74, 6) is 0.380. The number of rotatable bonds is 5. The van der Waals surface area contributed by atoms with Crippen molar-refractivity contribution in [2.45, 2.75) is 45.4 Å². The van der Waals surface area contributed by atoms with E-state index < -0.39 is 15.7 Å². The molecule has 0 unspecified atom stereocenters. The number of aromatic nitrogens is 1. The zero-order valence-electron chi connectivity index (χ0n) is 16.1. The Morgan fingerprint density at radius 1 is 1.32 bits per heavy atom. The molecule has 0 fully saturated rings. The van der Waals surface area contributed by atoms with Crippen LogP contribution in [0, 0.1) is 0 Å². The van der Waals surface area contributed by atoms with Crippen molar-refractivity contribution in [1.82, 2.24) is 9.88 Å². The highest BCUT2D eigenvalue weighted by atomic mass is 35.5. The molecule has 1 aromatic heterocycles. The van der Waals surface area contributed by atoms with E-state index in [9.17, 15) is 9.00 Å². The van der Waals surface area contributed by atoms with Crippen LogP contribution in [-0.4, -0.2) is 58.1 Å². The standard InChI is InChI=1S/C17H27ClN4O2S/c1-11(2)22(8)14-9-12(16(23)21(6)7)13(15(18)20-14)10-19-25(24)17(3,4)5/h9-11H,1-8H3/t25-/m1/s1. The maximum atomic E-state index is 12.6. The van der Waals surface area contributed by atoms with E-state index >= 15 is 0 Å². The molecular weight excluding hydrogens is 360 g/mol. The Balaban J connectivity index is 3.48. The lowest BCUT2D eigenvalue weighted by Gasteiger charge is -2.24. The van der Waals surface area contributed by atoms with E-state index in [4.69, 9.17) is 11.6 Å². The molecule has 0 aliphatic heterocycles. The van der Waals surface area contributed by atoms with Gasteiger partial charge in [0, 0.05) is 39.0 Å². The monoisotopic (exact) mass is 386 g/mol. The van der Waals surface area contributed by atoms with E-state index in [1.807, 2.05) is 46.6 Å². The third-order valence-electron chi connectivity index (χ3n) is 3.57. The van der Waals surface area contributed by atoms with Gasteiger partial charge in [-0.2, -0.15) is 4.40 Å². The molecule has 0 saturated heterocycles. The van der Waals surface area contributed by atoms with Gasteiger partial charge in [-0.15, -0.1) is 0 Å². The van der Waals surface area contributed by atoms with Gasteiger partial charge in [0.15, 0.2) is 0 Å². The lowest BCUT2D eigenvalue weighted by Crippen LogP contribution is -2.28. The summed E-state index contributed by atoms with van der Waals surface area (Å²) in [6, 6.07) is 1.88. The zero-order valence-corrected chi connectivity index (χ0v) is 17.7. The lowest BCUT2D eigenvalue weighted by atomic mass is 10.1. The summed E-state index contributed by atoms with van der Waals surface area (Å²) in [5.41, 5.74) is 0.751. The number of pyridine rings is 1. The topological polar surface area (TPSA) is 65.9 Å². The Morgan fingerprint density at radius 2 is 1.88 bits per heavy atom. The number of carbonyl (C=O) groups is 1. The number of anilines is 1. The second-order valence-corrected chi connectivity index (χ2v) is 9.52. The second kappa shape index (κ2) is 8.27. The van der Waals surface area contributed by atoms with Crippen LogP contribution in [0.4, 0.5) is 5.82 Å². The average Bonchev–Trinajstić information content (AvgIpc) is 2.49. The van der Waals surface area contributed by atoms with E-state index in [2.05, 4.69) is 9.38 Å². The summed E-state index contributed by atoms with van der Waals surface area (Å²) < 4.78 is 15.8. The molecule has 1 atom stereocenters. The molecule has 0 aliphatic rings. The van der Waals surface area contributed by atoms with E-state index in [1.165, 1.54) is 11.1 Å². The molecule has 0 aromatic carbocycles. The summed E-state index contributed by atoms with van der Waals surface area (Å²) in [6.45, 7) is 9.52. The van der Waals surface area contributed by atoms with Crippen LogP contribution in [-0.2, 0) is 11.0 Å². The van der Waals surface area contributed by atoms with Crippen molar-refractivity contribution in [2.75, 3.05) is 26.0 Å². The van der Waals surface area contributed by atoms with Gasteiger partial charge in [-0.05, 0) is 40.7 Å². The minimum Gasteiger partial charge on any atom is -0.357 e. The van der Waals surface area contributed by atoms with Crippen molar-refractivity contribution in [1.29, 1.82) is 0 Å². The van der Waals surface area contributed by atoms with Crippen molar-refractivity contribution in [2.24, 2.45) is 4.40 Å². The van der Waals surface area contributed by atoms with Crippen molar-refractivity contribution in [3.8, 4) is 0 Å². The third kappa shape index (κ3) is 5.51. The highest BCUT2D eigenvalue weighted by molar-refractivity contribution is 7.85. The van der Waals surface area contributed by atoms with Crippen LogP contribution < -0.4 is 4.90 Å². The molecule has 25 heavy (non-hydrogen) atoms. The quantitative estimate of drug-likeness (QED) is 0.575. The molecular formula is C17H27ClN4O2S. The maximum Gasteiger partial charge on any atom is 0.254 e. The number of carbonyl (C=O) groups excluding carboxylic acids is 1. The van der Waals surface area contributed by atoms with Crippen LogP contribution in [0.5, 0.6) is 0 Å². The Hall–Kier alpha value is -1.47. The predicted molar refractivity (Wildman–Crippen MR) is 106 cm³/mol. The first-order valence-corrected chi connectivity index (χ1v) is 9.45. The second-order valence-electron chi connectivity index (χ2n) is 7.23. The third-order valence-corrected chi connectivity index (χ3v) is 5.21. The van der Waals surface area contributed by atoms with Crippen molar-refractivity contribution in [3.05, 3.63) is 22.3 Å². The van der Waals surface area contributed by atoms with E-state index in [1.54, 1.807) is 20.2 Å². The summed E-state index contributed by atoms with van der Waals surface area (Å²) >= 11 is 6.33. The molecule has 1 heterocycles. The van der Waals surface area contributed by atoms with Gasteiger partial charge in [-0.3, -0.25) is 4.79 Å². The number of hydrogen-bond donors (Lipinski definition) is 0. The number of amides is 1. The Bertz CT molecular complexity index is 697. The molecule has 0 spiro atoms. The fourth-order valence-electron chi connectivity index (χ4n) is 1.76. The van der Waals surface area contributed by atoms with Gasteiger partial charge in [-0.1, -0.05) is 11.6 Å². The van der Waals surface area contributed by atoms with E-state index in [-0.39, 0.29) is 17.1 Å². The molecule has 0 bridgehead atoms. The molecule has 8 heteroatoms. The molecule has 0 saturated carbocycles. The number of nitrogens with zero attached hydrogens (tertiary/aromatic N) is 4. The highest BCUT2D eigenvalue weighted by Crippen LogP contribution is 2.25. The van der Waals surface area contributed by atoms with Crippen molar-refractivity contribution >= 4 is 40.5 Å². The Labute approximate surface area is 157 Å². The number of halogens is 1. The minimum atomic E-state index is -1.45. The first-order valence-electron chi connectivity index (χ1n) is 7.97. The zero-order chi connectivity index (χ0) is 19.5.